The van der Waals surface area contributed by atoms with Gasteiger partial charge in [-0.3, -0.25) is 14.5 Å². The average molecular weight is 470 g/mol. The summed E-state index contributed by atoms with van der Waals surface area (Å²) in [5.74, 6) is 0.243. The van der Waals surface area contributed by atoms with Crippen molar-refractivity contribution in [3.63, 3.8) is 0 Å². The number of nitrogens with zero attached hydrogens (tertiary/aromatic N) is 3. The van der Waals surface area contributed by atoms with Crippen molar-refractivity contribution in [2.75, 3.05) is 71.1 Å². The minimum absolute atomic E-state index is 0.00629. The summed E-state index contributed by atoms with van der Waals surface area (Å²) in [7, 11) is 1.36. The molecule has 10 heteroatoms. The van der Waals surface area contributed by atoms with Gasteiger partial charge in [0, 0.05) is 44.3 Å². The van der Waals surface area contributed by atoms with Gasteiger partial charge < -0.3 is 19.3 Å². The molecule has 2 aliphatic rings. The van der Waals surface area contributed by atoms with Crippen LogP contribution in [0.15, 0.2) is 24.3 Å². The molecule has 1 unspecified atom stereocenters. The van der Waals surface area contributed by atoms with Crippen LogP contribution in [-0.4, -0.2) is 104 Å². The molecule has 2 saturated heterocycles. The van der Waals surface area contributed by atoms with Crippen molar-refractivity contribution >= 4 is 41.1 Å². The topological polar surface area (TPSA) is 79.4 Å². The fourth-order valence-corrected chi connectivity index (χ4v) is 4.79. The summed E-state index contributed by atoms with van der Waals surface area (Å²) < 4.78 is 10.3. The average Bonchev–Trinajstić information content (AvgIpc) is 2.81. The van der Waals surface area contributed by atoms with E-state index in [4.69, 9.17) is 21.1 Å². The van der Waals surface area contributed by atoms with Gasteiger partial charge in [0.25, 0.3) is 0 Å². The van der Waals surface area contributed by atoms with E-state index in [0.717, 1.165) is 0 Å². The summed E-state index contributed by atoms with van der Waals surface area (Å²) in [5.41, 5.74) is 0.702. The Morgan fingerprint density at radius 1 is 1.00 bits per heavy atom. The maximum Gasteiger partial charge on any atom is 0.327 e. The van der Waals surface area contributed by atoms with Crippen LogP contribution in [0, 0.1) is 0 Å². The van der Waals surface area contributed by atoms with Gasteiger partial charge in [0.05, 0.1) is 31.8 Å². The highest BCUT2D eigenvalue weighted by molar-refractivity contribution is 8.00. The molecule has 170 valence electrons. The first-order valence-electron chi connectivity index (χ1n) is 10.3. The second-order valence-corrected chi connectivity index (χ2v) is 8.74. The highest BCUT2D eigenvalue weighted by Gasteiger charge is 2.33. The molecule has 31 heavy (non-hydrogen) atoms. The van der Waals surface area contributed by atoms with E-state index >= 15 is 0 Å². The van der Waals surface area contributed by atoms with Crippen molar-refractivity contribution in [3.8, 4) is 0 Å². The van der Waals surface area contributed by atoms with Gasteiger partial charge in [-0.1, -0.05) is 29.8 Å². The smallest absolute Gasteiger partial charge is 0.327 e. The van der Waals surface area contributed by atoms with Gasteiger partial charge in [-0.05, 0) is 11.6 Å². The Balaban J connectivity index is 1.48. The molecule has 1 aromatic rings. The minimum Gasteiger partial charge on any atom is -0.468 e. The number of hydrogen-bond donors (Lipinski definition) is 0. The van der Waals surface area contributed by atoms with Crippen molar-refractivity contribution in [3.05, 3.63) is 34.9 Å². The first-order chi connectivity index (χ1) is 15.0. The fraction of sp³-hybridized carbons (Fsp3) is 0.571. The van der Waals surface area contributed by atoms with Crippen LogP contribution in [0.3, 0.4) is 0 Å². The zero-order valence-corrected chi connectivity index (χ0v) is 19.2. The number of methoxy groups -OCH3 is 1. The molecular formula is C21H28ClN3O5S. The number of benzene rings is 1. The van der Waals surface area contributed by atoms with Crippen LogP contribution < -0.4 is 0 Å². The monoisotopic (exact) mass is 469 g/mol. The molecule has 0 bridgehead atoms. The predicted molar refractivity (Wildman–Crippen MR) is 119 cm³/mol. The van der Waals surface area contributed by atoms with Crippen molar-refractivity contribution in [2.45, 2.75) is 6.04 Å². The number of thioether (sulfide) groups is 1. The third-order valence-electron chi connectivity index (χ3n) is 5.47. The SMILES string of the molecule is COC(=O)C(c1ccccc1Cl)N1CCN(C(=O)CSCC(=O)N2CCOCC2)CC1. The quantitative estimate of drug-likeness (QED) is 0.557. The second-order valence-electron chi connectivity index (χ2n) is 7.35. The van der Waals surface area contributed by atoms with Crippen molar-refractivity contribution in [2.24, 2.45) is 0 Å². The van der Waals surface area contributed by atoms with Gasteiger partial charge in [0.2, 0.25) is 11.8 Å². The number of piperazine rings is 1. The van der Waals surface area contributed by atoms with Gasteiger partial charge in [-0.25, -0.2) is 4.79 Å². The molecule has 8 nitrogen and oxygen atoms in total. The maximum atomic E-state index is 12.6. The van der Waals surface area contributed by atoms with Crippen LogP contribution in [0.2, 0.25) is 5.02 Å². The molecule has 3 rings (SSSR count). The van der Waals surface area contributed by atoms with Gasteiger partial charge >= 0.3 is 5.97 Å². The molecule has 0 N–H and O–H groups in total. The zero-order chi connectivity index (χ0) is 22.2. The van der Waals surface area contributed by atoms with Crippen LogP contribution in [0.1, 0.15) is 11.6 Å². The number of carbonyl (C=O) groups excluding carboxylic acids is 3. The molecule has 0 saturated carbocycles. The van der Waals surface area contributed by atoms with Crippen LogP contribution in [0.25, 0.3) is 0 Å². The number of carbonyl (C=O) groups is 3. The van der Waals surface area contributed by atoms with Gasteiger partial charge in [-0.2, -0.15) is 0 Å². The number of amides is 2. The van der Waals surface area contributed by atoms with Gasteiger partial charge in [-0.15, -0.1) is 11.8 Å². The molecule has 0 spiro atoms. The summed E-state index contributed by atoms with van der Waals surface area (Å²) in [4.78, 5) is 42.8. The lowest BCUT2D eigenvalue weighted by Gasteiger charge is -2.38. The van der Waals surface area contributed by atoms with E-state index in [1.165, 1.54) is 18.9 Å². The fourth-order valence-electron chi connectivity index (χ4n) is 3.73. The van der Waals surface area contributed by atoms with Crippen molar-refractivity contribution < 1.29 is 23.9 Å². The minimum atomic E-state index is -0.600. The van der Waals surface area contributed by atoms with Crippen LogP contribution in [0.4, 0.5) is 0 Å². The summed E-state index contributed by atoms with van der Waals surface area (Å²) >= 11 is 7.66. The molecule has 2 aliphatic heterocycles. The highest BCUT2D eigenvalue weighted by Crippen LogP contribution is 2.29. The Kier molecular flexibility index (Phi) is 9.01. The second kappa shape index (κ2) is 11.7. The number of esters is 1. The van der Waals surface area contributed by atoms with Gasteiger partial charge in [0.1, 0.15) is 6.04 Å². The Bertz CT molecular complexity index is 782. The Morgan fingerprint density at radius 2 is 1.58 bits per heavy atom. The molecule has 0 aromatic heterocycles. The van der Waals surface area contributed by atoms with E-state index in [9.17, 15) is 14.4 Å². The number of hydrogen-bond acceptors (Lipinski definition) is 7. The third-order valence-corrected chi connectivity index (χ3v) is 6.72. The first kappa shape index (κ1) is 23.8. The normalized spacial score (nSPS) is 18.5. The lowest BCUT2D eigenvalue weighted by Crippen LogP contribution is -2.51. The first-order valence-corrected chi connectivity index (χ1v) is 11.8. The zero-order valence-electron chi connectivity index (χ0n) is 17.6. The molecule has 2 amide bonds. The van der Waals surface area contributed by atoms with Gasteiger partial charge in [0.15, 0.2) is 0 Å². The Morgan fingerprint density at radius 3 is 2.16 bits per heavy atom. The largest absolute Gasteiger partial charge is 0.468 e. The number of halogens is 1. The van der Waals surface area contributed by atoms with E-state index in [-0.39, 0.29) is 23.5 Å². The van der Waals surface area contributed by atoms with Crippen LogP contribution >= 0.6 is 23.4 Å². The highest BCUT2D eigenvalue weighted by atomic mass is 35.5. The van der Waals surface area contributed by atoms with E-state index in [1.807, 2.05) is 23.1 Å². The number of rotatable bonds is 7. The van der Waals surface area contributed by atoms with Crippen molar-refractivity contribution in [1.29, 1.82) is 0 Å². The molecule has 2 fully saturated rings. The summed E-state index contributed by atoms with van der Waals surface area (Å²) in [5, 5.41) is 0.512. The third kappa shape index (κ3) is 6.35. The van der Waals surface area contributed by atoms with E-state index in [1.54, 1.807) is 15.9 Å². The van der Waals surface area contributed by atoms with E-state index in [0.29, 0.717) is 68.8 Å². The van der Waals surface area contributed by atoms with Crippen LogP contribution in [-0.2, 0) is 23.9 Å². The lowest BCUT2D eigenvalue weighted by molar-refractivity contribution is -0.148. The van der Waals surface area contributed by atoms with E-state index < -0.39 is 6.04 Å². The standard InChI is InChI=1S/C21H28ClN3O5S/c1-29-21(28)20(16-4-2-3-5-17(16)22)25-8-6-23(7-9-25)18(26)14-31-15-19(27)24-10-12-30-13-11-24/h2-5,20H,6-15H2,1H3. The van der Waals surface area contributed by atoms with E-state index in [2.05, 4.69) is 0 Å². The predicted octanol–water partition coefficient (Wildman–Crippen LogP) is 1.29. The van der Waals surface area contributed by atoms with Crippen LogP contribution in [0.5, 0.6) is 0 Å². The molecule has 1 aromatic carbocycles. The molecule has 1 atom stereocenters. The summed E-state index contributed by atoms with van der Waals surface area (Å²) in [6.45, 7) is 4.46. The molecule has 2 heterocycles. The number of morpholine rings is 1. The summed E-state index contributed by atoms with van der Waals surface area (Å²) in [6.07, 6.45) is 0. The van der Waals surface area contributed by atoms with Crippen molar-refractivity contribution in [1.82, 2.24) is 14.7 Å². The molecule has 0 radical (unpaired) electrons. The Labute approximate surface area is 191 Å². The molecule has 0 aliphatic carbocycles. The number of ether oxygens (including phenoxy) is 2. The maximum absolute atomic E-state index is 12.6. The molecular weight excluding hydrogens is 442 g/mol. The Hall–Kier alpha value is -1.81. The summed E-state index contributed by atoms with van der Waals surface area (Å²) in [6, 6.07) is 6.63. The lowest BCUT2D eigenvalue weighted by atomic mass is 10.0.